The molecule has 0 spiro atoms. The smallest absolute Gasteiger partial charge is 0.442 e. The molecule has 0 radical (unpaired) electrons. The molecule has 0 saturated carbocycles. The summed E-state index contributed by atoms with van der Waals surface area (Å²) in [4.78, 5) is 28.6. The van der Waals surface area contributed by atoms with Gasteiger partial charge in [-0.2, -0.15) is 13.2 Å². The molecule has 3 rings (SSSR count). The predicted molar refractivity (Wildman–Crippen MR) is 95.0 cm³/mol. The first-order valence-corrected chi connectivity index (χ1v) is 8.65. The molecule has 7 nitrogen and oxygen atoms in total. The summed E-state index contributed by atoms with van der Waals surface area (Å²) in [6, 6.07) is 7.65. The van der Waals surface area contributed by atoms with Gasteiger partial charge < -0.3 is 19.8 Å². The molecule has 2 heterocycles. The molecular formula is C17H14F3N3O4S. The van der Waals surface area contributed by atoms with Crippen LogP contribution in [0.5, 0.6) is 0 Å². The molecule has 0 unspecified atom stereocenters. The molecule has 1 amide bonds. The molecular weight excluding hydrogens is 399 g/mol. The summed E-state index contributed by atoms with van der Waals surface area (Å²) in [5.41, 5.74) is -2.33. The molecule has 0 aliphatic carbocycles. The van der Waals surface area contributed by atoms with Gasteiger partial charge in [-0.1, -0.05) is 23.5 Å². The Labute approximate surface area is 160 Å². The number of carbonyl (C=O) groups excluding carboxylic acids is 2. The van der Waals surface area contributed by atoms with E-state index in [0.717, 1.165) is 36.3 Å². The monoisotopic (exact) mass is 413 g/mol. The van der Waals surface area contributed by atoms with E-state index in [4.69, 9.17) is 4.42 Å². The lowest BCUT2D eigenvalue weighted by Gasteiger charge is -2.33. The molecule has 3 aromatic rings. The van der Waals surface area contributed by atoms with Crippen molar-refractivity contribution in [1.82, 2.24) is 10.3 Å². The summed E-state index contributed by atoms with van der Waals surface area (Å²) < 4.78 is 51.8. The first-order valence-electron chi connectivity index (χ1n) is 7.83. The fourth-order valence-corrected chi connectivity index (χ4v) is 3.48. The molecule has 0 bridgehead atoms. The van der Waals surface area contributed by atoms with Crippen LogP contribution in [0.3, 0.4) is 0 Å². The number of hydrogen-bond acceptors (Lipinski definition) is 7. The Morgan fingerprint density at radius 1 is 1.21 bits per heavy atom. The van der Waals surface area contributed by atoms with Crippen LogP contribution < -0.4 is 10.6 Å². The highest BCUT2D eigenvalue weighted by Gasteiger charge is 2.64. The molecule has 0 aliphatic rings. The SMILES string of the molecule is COC(=O)[C@@](NC(=O)c1ccco1)(Nc1nc2c(C)cccc2s1)C(F)(F)F. The quantitative estimate of drug-likeness (QED) is 0.492. The van der Waals surface area contributed by atoms with Crippen molar-refractivity contribution >= 4 is 38.6 Å². The molecule has 28 heavy (non-hydrogen) atoms. The number of nitrogens with zero attached hydrogens (tertiary/aromatic N) is 1. The first-order chi connectivity index (χ1) is 13.2. The molecule has 0 aliphatic heterocycles. The van der Waals surface area contributed by atoms with Gasteiger partial charge >= 0.3 is 17.8 Å². The number of methoxy groups -OCH3 is 1. The fraction of sp³-hybridized carbons (Fsp3) is 0.235. The molecule has 2 N–H and O–H groups in total. The topological polar surface area (TPSA) is 93.5 Å². The number of benzene rings is 1. The molecule has 0 saturated heterocycles. The van der Waals surface area contributed by atoms with Crippen molar-refractivity contribution in [3.8, 4) is 0 Å². The number of ether oxygens (including phenoxy) is 1. The molecule has 2 aromatic heterocycles. The van der Waals surface area contributed by atoms with Gasteiger partial charge in [0.05, 0.1) is 23.6 Å². The van der Waals surface area contributed by atoms with Crippen LogP contribution in [-0.2, 0) is 9.53 Å². The number of rotatable bonds is 5. The molecule has 1 aromatic carbocycles. The first kappa shape index (κ1) is 19.7. The van der Waals surface area contributed by atoms with E-state index >= 15 is 0 Å². The number of halogens is 3. The van der Waals surface area contributed by atoms with E-state index < -0.39 is 29.5 Å². The van der Waals surface area contributed by atoms with Crippen LogP contribution >= 0.6 is 11.3 Å². The third kappa shape index (κ3) is 3.40. The normalized spacial score (nSPS) is 13.8. The average molecular weight is 413 g/mol. The van der Waals surface area contributed by atoms with Gasteiger partial charge in [-0.05, 0) is 30.7 Å². The zero-order valence-electron chi connectivity index (χ0n) is 14.6. The Hall–Kier alpha value is -3.08. The van der Waals surface area contributed by atoms with E-state index in [1.165, 1.54) is 6.07 Å². The summed E-state index contributed by atoms with van der Waals surface area (Å²) in [6.07, 6.45) is -4.14. The summed E-state index contributed by atoms with van der Waals surface area (Å²) in [5.74, 6) is -3.41. The number of aromatic nitrogens is 1. The number of hydrogen-bond donors (Lipinski definition) is 2. The van der Waals surface area contributed by atoms with Crippen molar-refractivity contribution in [3.63, 3.8) is 0 Å². The number of aryl methyl sites for hydroxylation is 1. The maximum Gasteiger partial charge on any atom is 0.442 e. The number of para-hydroxylation sites is 1. The molecule has 11 heteroatoms. The van der Waals surface area contributed by atoms with Crippen LogP contribution in [0.4, 0.5) is 18.3 Å². The number of furan rings is 1. The maximum atomic E-state index is 14.0. The van der Waals surface area contributed by atoms with E-state index in [0.29, 0.717) is 10.2 Å². The Bertz CT molecular complexity index is 1020. The Balaban J connectivity index is 2.07. The van der Waals surface area contributed by atoms with Crippen molar-refractivity contribution in [2.75, 3.05) is 12.4 Å². The zero-order valence-corrected chi connectivity index (χ0v) is 15.4. The lowest BCUT2D eigenvalue weighted by molar-refractivity contribution is -0.203. The van der Waals surface area contributed by atoms with Gasteiger partial charge in [-0.15, -0.1) is 0 Å². The van der Waals surface area contributed by atoms with Gasteiger partial charge in [0.2, 0.25) is 0 Å². The van der Waals surface area contributed by atoms with Crippen molar-refractivity contribution in [2.45, 2.75) is 18.8 Å². The number of carbonyl (C=O) groups is 2. The Kier molecular flexibility index (Phi) is 5.02. The third-order valence-electron chi connectivity index (χ3n) is 3.88. The molecule has 1 atom stereocenters. The largest absolute Gasteiger partial charge is 0.466 e. The minimum Gasteiger partial charge on any atom is -0.466 e. The van der Waals surface area contributed by atoms with Gasteiger partial charge in [-0.3, -0.25) is 4.79 Å². The minimum absolute atomic E-state index is 0.216. The number of anilines is 1. The summed E-state index contributed by atoms with van der Waals surface area (Å²) in [6.45, 7) is 1.75. The fourth-order valence-electron chi connectivity index (χ4n) is 2.48. The van der Waals surface area contributed by atoms with Crippen LogP contribution in [0.2, 0.25) is 0 Å². The van der Waals surface area contributed by atoms with Crippen molar-refractivity contribution in [2.24, 2.45) is 0 Å². The second kappa shape index (κ2) is 7.15. The van der Waals surface area contributed by atoms with Gasteiger partial charge in [0.1, 0.15) is 0 Å². The number of fused-ring (bicyclic) bond motifs is 1. The van der Waals surface area contributed by atoms with Crippen LogP contribution in [0.1, 0.15) is 16.1 Å². The molecule has 0 fully saturated rings. The predicted octanol–water partition coefficient (Wildman–Crippen LogP) is 3.47. The Morgan fingerprint density at radius 3 is 2.54 bits per heavy atom. The van der Waals surface area contributed by atoms with E-state index in [2.05, 4.69) is 9.72 Å². The maximum absolute atomic E-state index is 14.0. The number of alkyl halides is 3. The van der Waals surface area contributed by atoms with Gasteiger partial charge in [-0.25, -0.2) is 9.78 Å². The van der Waals surface area contributed by atoms with E-state index in [1.807, 2.05) is 5.32 Å². The van der Waals surface area contributed by atoms with E-state index in [-0.39, 0.29) is 5.13 Å². The lowest BCUT2D eigenvalue weighted by Crippen LogP contribution is -2.69. The standard InChI is InChI=1S/C17H14F3N3O4S/c1-9-5-3-7-11-12(9)21-15(28-11)23-16(14(25)26-2,17(18,19)20)22-13(24)10-6-4-8-27-10/h3-8H,1-2H3,(H,21,23)(H,22,24)/t16-/m1/s1. The second-order valence-corrected chi connectivity index (χ2v) is 6.77. The number of esters is 1. The van der Waals surface area contributed by atoms with Crippen LogP contribution in [0.25, 0.3) is 10.2 Å². The minimum atomic E-state index is -5.25. The average Bonchev–Trinajstić information content (AvgIpc) is 3.29. The van der Waals surface area contributed by atoms with Gasteiger partial charge in [0, 0.05) is 0 Å². The second-order valence-electron chi connectivity index (χ2n) is 5.74. The van der Waals surface area contributed by atoms with Crippen LogP contribution in [0, 0.1) is 6.92 Å². The Morgan fingerprint density at radius 2 is 1.96 bits per heavy atom. The van der Waals surface area contributed by atoms with E-state index in [9.17, 15) is 22.8 Å². The summed E-state index contributed by atoms with van der Waals surface area (Å²) in [5, 5.41) is 3.47. The molecule has 148 valence electrons. The third-order valence-corrected chi connectivity index (χ3v) is 4.81. The summed E-state index contributed by atoms with van der Waals surface area (Å²) >= 11 is 0.902. The van der Waals surface area contributed by atoms with Crippen LogP contribution in [0.15, 0.2) is 41.0 Å². The number of nitrogens with one attached hydrogen (secondary N) is 2. The van der Waals surface area contributed by atoms with Crippen LogP contribution in [-0.4, -0.2) is 35.8 Å². The highest BCUT2D eigenvalue weighted by Crippen LogP contribution is 2.36. The summed E-state index contributed by atoms with van der Waals surface area (Å²) in [7, 11) is 0.784. The van der Waals surface area contributed by atoms with Gasteiger partial charge in [0.25, 0.3) is 5.91 Å². The van der Waals surface area contributed by atoms with E-state index in [1.54, 1.807) is 30.4 Å². The number of amides is 1. The number of thiazole rings is 1. The highest BCUT2D eigenvalue weighted by molar-refractivity contribution is 7.22. The zero-order chi connectivity index (χ0) is 20.5. The highest BCUT2D eigenvalue weighted by atomic mass is 32.1. The van der Waals surface area contributed by atoms with Crippen molar-refractivity contribution in [3.05, 3.63) is 47.9 Å². The van der Waals surface area contributed by atoms with Crippen molar-refractivity contribution < 1.29 is 31.9 Å². The van der Waals surface area contributed by atoms with Gasteiger partial charge in [0.15, 0.2) is 10.9 Å². The lowest BCUT2D eigenvalue weighted by atomic mass is 10.1. The van der Waals surface area contributed by atoms with Crippen molar-refractivity contribution in [1.29, 1.82) is 0 Å².